The third kappa shape index (κ3) is 2.59. The van der Waals surface area contributed by atoms with Gasteiger partial charge in [0.05, 0.1) is 6.10 Å². The Kier molecular flexibility index (Phi) is 3.03. The highest BCUT2D eigenvalue weighted by molar-refractivity contribution is 4.90. The second-order valence-electron chi connectivity index (χ2n) is 3.70. The van der Waals surface area contributed by atoms with Crippen LogP contribution < -0.4 is 0 Å². The first-order valence-electron chi connectivity index (χ1n) is 5.17. The van der Waals surface area contributed by atoms with Gasteiger partial charge in [0.2, 0.25) is 0 Å². The lowest BCUT2D eigenvalue weighted by Crippen LogP contribution is -2.06. The van der Waals surface area contributed by atoms with Crippen molar-refractivity contribution >= 4 is 0 Å². The minimum Gasteiger partial charge on any atom is -0.378 e. The molecule has 1 aromatic rings. The van der Waals surface area contributed by atoms with Crippen LogP contribution in [0.3, 0.4) is 0 Å². The predicted octanol–water partition coefficient (Wildman–Crippen LogP) is 2.45. The molecule has 1 fully saturated rings. The minimum absolute atomic E-state index is 0.551. The SMILES string of the molecule is c1ccn(CCCC2CCCO2)c1. The number of nitrogens with zero attached hydrogens (tertiary/aromatic N) is 1. The summed E-state index contributed by atoms with van der Waals surface area (Å²) in [4.78, 5) is 0. The highest BCUT2D eigenvalue weighted by Crippen LogP contribution is 2.16. The molecule has 1 saturated heterocycles. The summed E-state index contributed by atoms with van der Waals surface area (Å²) >= 11 is 0. The molecule has 2 nitrogen and oxygen atoms in total. The van der Waals surface area contributed by atoms with Gasteiger partial charge in [0.15, 0.2) is 0 Å². The Morgan fingerprint density at radius 1 is 1.31 bits per heavy atom. The Balaban J connectivity index is 1.63. The smallest absolute Gasteiger partial charge is 0.0576 e. The fourth-order valence-electron chi connectivity index (χ4n) is 1.89. The first kappa shape index (κ1) is 8.82. The highest BCUT2D eigenvalue weighted by Gasteiger charge is 2.14. The Hall–Kier alpha value is -0.760. The van der Waals surface area contributed by atoms with E-state index in [0.717, 1.165) is 13.2 Å². The zero-order valence-corrected chi connectivity index (χ0v) is 7.98. The van der Waals surface area contributed by atoms with Crippen LogP contribution in [0.4, 0.5) is 0 Å². The molecule has 1 atom stereocenters. The highest BCUT2D eigenvalue weighted by atomic mass is 16.5. The van der Waals surface area contributed by atoms with E-state index in [4.69, 9.17) is 4.74 Å². The summed E-state index contributed by atoms with van der Waals surface area (Å²) in [5.41, 5.74) is 0. The van der Waals surface area contributed by atoms with Crippen LogP contribution in [0.5, 0.6) is 0 Å². The van der Waals surface area contributed by atoms with Crippen molar-refractivity contribution in [2.45, 2.75) is 38.3 Å². The van der Waals surface area contributed by atoms with E-state index in [2.05, 4.69) is 29.1 Å². The molecule has 2 heterocycles. The molecule has 0 saturated carbocycles. The number of aromatic nitrogens is 1. The Bertz CT molecular complexity index is 224. The van der Waals surface area contributed by atoms with Gasteiger partial charge in [-0.1, -0.05) is 0 Å². The largest absolute Gasteiger partial charge is 0.378 e. The maximum Gasteiger partial charge on any atom is 0.0576 e. The number of rotatable bonds is 4. The first-order valence-corrected chi connectivity index (χ1v) is 5.17. The van der Waals surface area contributed by atoms with Crippen molar-refractivity contribution in [1.29, 1.82) is 0 Å². The van der Waals surface area contributed by atoms with Crippen molar-refractivity contribution in [2.24, 2.45) is 0 Å². The lowest BCUT2D eigenvalue weighted by Gasteiger charge is -2.08. The topological polar surface area (TPSA) is 14.2 Å². The van der Waals surface area contributed by atoms with Crippen molar-refractivity contribution in [2.75, 3.05) is 6.61 Å². The lowest BCUT2D eigenvalue weighted by atomic mass is 10.1. The third-order valence-corrected chi connectivity index (χ3v) is 2.63. The van der Waals surface area contributed by atoms with Crippen LogP contribution in [0.15, 0.2) is 24.5 Å². The zero-order chi connectivity index (χ0) is 8.93. The molecule has 1 unspecified atom stereocenters. The molecule has 13 heavy (non-hydrogen) atoms. The van der Waals surface area contributed by atoms with Gasteiger partial charge < -0.3 is 9.30 Å². The van der Waals surface area contributed by atoms with Crippen LogP contribution in [0, 0.1) is 0 Å². The summed E-state index contributed by atoms with van der Waals surface area (Å²) in [6, 6.07) is 4.15. The van der Waals surface area contributed by atoms with Gasteiger partial charge in [-0.15, -0.1) is 0 Å². The van der Waals surface area contributed by atoms with E-state index in [-0.39, 0.29) is 0 Å². The van der Waals surface area contributed by atoms with Gasteiger partial charge in [0.25, 0.3) is 0 Å². The van der Waals surface area contributed by atoms with E-state index < -0.39 is 0 Å². The van der Waals surface area contributed by atoms with Crippen molar-refractivity contribution in [3.05, 3.63) is 24.5 Å². The van der Waals surface area contributed by atoms with Crippen LogP contribution in [-0.2, 0) is 11.3 Å². The van der Waals surface area contributed by atoms with E-state index in [1.54, 1.807) is 0 Å². The molecule has 1 aromatic heterocycles. The summed E-state index contributed by atoms with van der Waals surface area (Å²) < 4.78 is 7.79. The van der Waals surface area contributed by atoms with Crippen LogP contribution >= 0.6 is 0 Å². The zero-order valence-electron chi connectivity index (χ0n) is 7.98. The Morgan fingerprint density at radius 3 is 2.85 bits per heavy atom. The maximum absolute atomic E-state index is 5.56. The number of hydrogen-bond donors (Lipinski definition) is 0. The Labute approximate surface area is 79.5 Å². The molecule has 2 rings (SSSR count). The molecule has 0 radical (unpaired) electrons. The average Bonchev–Trinajstić information content (AvgIpc) is 2.75. The van der Waals surface area contributed by atoms with Crippen LogP contribution in [0.2, 0.25) is 0 Å². The second kappa shape index (κ2) is 4.47. The van der Waals surface area contributed by atoms with E-state index in [1.807, 2.05) is 0 Å². The van der Waals surface area contributed by atoms with Gasteiger partial charge in [-0.3, -0.25) is 0 Å². The van der Waals surface area contributed by atoms with Crippen LogP contribution in [0.1, 0.15) is 25.7 Å². The first-order chi connectivity index (χ1) is 6.45. The summed E-state index contributed by atoms with van der Waals surface area (Å²) in [5, 5.41) is 0. The minimum atomic E-state index is 0.551. The third-order valence-electron chi connectivity index (χ3n) is 2.63. The Morgan fingerprint density at radius 2 is 2.15 bits per heavy atom. The van der Waals surface area contributed by atoms with Gasteiger partial charge in [-0.05, 0) is 37.8 Å². The molecular formula is C11H17NO. The fourth-order valence-corrected chi connectivity index (χ4v) is 1.89. The van der Waals surface area contributed by atoms with Crippen molar-refractivity contribution in [3.8, 4) is 0 Å². The van der Waals surface area contributed by atoms with Crippen molar-refractivity contribution < 1.29 is 4.74 Å². The van der Waals surface area contributed by atoms with Gasteiger partial charge in [0, 0.05) is 25.5 Å². The van der Waals surface area contributed by atoms with E-state index in [0.29, 0.717) is 6.10 Å². The van der Waals surface area contributed by atoms with E-state index in [9.17, 15) is 0 Å². The lowest BCUT2D eigenvalue weighted by molar-refractivity contribution is 0.101. The summed E-state index contributed by atoms with van der Waals surface area (Å²) in [5.74, 6) is 0. The predicted molar refractivity (Wildman–Crippen MR) is 52.6 cm³/mol. The molecule has 0 spiro atoms. The quantitative estimate of drug-likeness (QED) is 0.692. The molecule has 1 aliphatic heterocycles. The summed E-state index contributed by atoms with van der Waals surface area (Å²) in [7, 11) is 0. The summed E-state index contributed by atoms with van der Waals surface area (Å²) in [6.45, 7) is 2.11. The van der Waals surface area contributed by atoms with E-state index in [1.165, 1.54) is 25.7 Å². The van der Waals surface area contributed by atoms with Crippen LogP contribution in [0.25, 0.3) is 0 Å². The number of aryl methyl sites for hydroxylation is 1. The van der Waals surface area contributed by atoms with Crippen molar-refractivity contribution in [3.63, 3.8) is 0 Å². The van der Waals surface area contributed by atoms with Crippen molar-refractivity contribution in [1.82, 2.24) is 4.57 Å². The number of ether oxygens (including phenoxy) is 1. The standard InChI is InChI=1S/C11H17NO/c1-2-8-12(7-1)9-3-5-11-6-4-10-13-11/h1-2,7-8,11H,3-6,9-10H2. The molecule has 0 amide bonds. The molecule has 2 heteroatoms. The molecule has 72 valence electrons. The molecule has 0 bridgehead atoms. The normalized spacial score (nSPS) is 22.3. The second-order valence-corrected chi connectivity index (χ2v) is 3.70. The van der Waals surface area contributed by atoms with Crippen LogP contribution in [-0.4, -0.2) is 17.3 Å². The van der Waals surface area contributed by atoms with Gasteiger partial charge >= 0.3 is 0 Å². The molecule has 0 aliphatic carbocycles. The molecule has 0 N–H and O–H groups in total. The molecular weight excluding hydrogens is 162 g/mol. The number of hydrogen-bond acceptors (Lipinski definition) is 1. The van der Waals surface area contributed by atoms with Gasteiger partial charge in [-0.2, -0.15) is 0 Å². The maximum atomic E-state index is 5.56. The molecule has 0 aromatic carbocycles. The summed E-state index contributed by atoms with van der Waals surface area (Å²) in [6.07, 6.45) is 9.78. The van der Waals surface area contributed by atoms with Gasteiger partial charge in [0.1, 0.15) is 0 Å². The fraction of sp³-hybridized carbons (Fsp3) is 0.636. The monoisotopic (exact) mass is 179 g/mol. The molecule has 1 aliphatic rings. The van der Waals surface area contributed by atoms with E-state index >= 15 is 0 Å². The average molecular weight is 179 g/mol. The van der Waals surface area contributed by atoms with Gasteiger partial charge in [-0.25, -0.2) is 0 Å².